The van der Waals surface area contributed by atoms with Crippen LogP contribution in [-0.4, -0.2) is 18.7 Å². The van der Waals surface area contributed by atoms with Gasteiger partial charge in [-0.05, 0) is 29.8 Å². The van der Waals surface area contributed by atoms with E-state index < -0.39 is 6.04 Å². The lowest BCUT2D eigenvalue weighted by Crippen LogP contribution is -2.63. The van der Waals surface area contributed by atoms with Gasteiger partial charge in [0.25, 0.3) is 0 Å². The van der Waals surface area contributed by atoms with Crippen molar-refractivity contribution in [1.82, 2.24) is 0 Å². The standard InChI is InChI=1S/C16H14N2O3/c17-14-15(10-6-7-12-13(8-10)21-9-20-12)18(16(14)19)11-4-2-1-3-5-11/h1-8,14-15H,9,17H2/t14-,15+/m1/s1. The molecule has 2 atom stereocenters. The van der Waals surface area contributed by atoms with Crippen molar-refractivity contribution >= 4 is 11.6 Å². The van der Waals surface area contributed by atoms with Crippen LogP contribution in [0.2, 0.25) is 0 Å². The Morgan fingerprint density at radius 2 is 1.81 bits per heavy atom. The zero-order valence-electron chi connectivity index (χ0n) is 11.2. The maximum atomic E-state index is 12.1. The van der Waals surface area contributed by atoms with E-state index in [2.05, 4.69) is 0 Å². The largest absolute Gasteiger partial charge is 0.454 e. The first-order valence-electron chi connectivity index (χ1n) is 6.79. The van der Waals surface area contributed by atoms with Crippen molar-refractivity contribution in [3.05, 3.63) is 54.1 Å². The highest BCUT2D eigenvalue weighted by Crippen LogP contribution is 2.41. The smallest absolute Gasteiger partial charge is 0.247 e. The number of nitrogens with two attached hydrogens (primary N) is 1. The number of ether oxygens (including phenoxy) is 2. The van der Waals surface area contributed by atoms with Gasteiger partial charge in [0.15, 0.2) is 11.5 Å². The number of rotatable bonds is 2. The zero-order valence-corrected chi connectivity index (χ0v) is 11.2. The Bertz CT molecular complexity index is 702. The van der Waals surface area contributed by atoms with E-state index in [0.717, 1.165) is 17.0 Å². The highest BCUT2D eigenvalue weighted by molar-refractivity contribution is 6.05. The normalized spacial score (nSPS) is 23.1. The van der Waals surface area contributed by atoms with Crippen molar-refractivity contribution < 1.29 is 14.3 Å². The van der Waals surface area contributed by atoms with E-state index in [9.17, 15) is 4.79 Å². The molecule has 2 aliphatic rings. The van der Waals surface area contributed by atoms with Crippen LogP contribution in [0.4, 0.5) is 5.69 Å². The molecule has 1 fully saturated rings. The van der Waals surface area contributed by atoms with Crippen molar-refractivity contribution in [2.24, 2.45) is 5.73 Å². The molecule has 1 saturated heterocycles. The molecular weight excluding hydrogens is 268 g/mol. The molecule has 2 heterocycles. The Morgan fingerprint density at radius 3 is 2.62 bits per heavy atom. The molecule has 106 valence electrons. The molecule has 2 aromatic rings. The number of β-lactam (4-membered cyclic amide) rings is 1. The van der Waals surface area contributed by atoms with Crippen molar-refractivity contribution in [3.63, 3.8) is 0 Å². The highest BCUT2D eigenvalue weighted by atomic mass is 16.7. The number of anilines is 1. The van der Waals surface area contributed by atoms with Crippen LogP contribution in [-0.2, 0) is 4.79 Å². The molecule has 0 aromatic heterocycles. The third kappa shape index (κ3) is 1.78. The first kappa shape index (κ1) is 12.2. The maximum absolute atomic E-state index is 12.1. The van der Waals surface area contributed by atoms with Crippen LogP contribution >= 0.6 is 0 Å². The van der Waals surface area contributed by atoms with Gasteiger partial charge in [0.2, 0.25) is 12.7 Å². The van der Waals surface area contributed by atoms with Crippen molar-refractivity contribution in [1.29, 1.82) is 0 Å². The van der Waals surface area contributed by atoms with Gasteiger partial charge in [0.05, 0.1) is 6.04 Å². The molecule has 21 heavy (non-hydrogen) atoms. The molecule has 0 bridgehead atoms. The minimum Gasteiger partial charge on any atom is -0.454 e. The fraction of sp³-hybridized carbons (Fsp3) is 0.188. The average Bonchev–Trinajstić information content (AvgIpc) is 2.99. The van der Waals surface area contributed by atoms with E-state index in [0.29, 0.717) is 5.75 Å². The van der Waals surface area contributed by atoms with Crippen LogP contribution in [0.3, 0.4) is 0 Å². The lowest BCUT2D eigenvalue weighted by molar-refractivity contribution is -0.126. The third-order valence-electron chi connectivity index (χ3n) is 3.91. The second kappa shape index (κ2) is 4.49. The molecule has 5 nitrogen and oxygen atoms in total. The highest BCUT2D eigenvalue weighted by Gasteiger charge is 2.46. The number of hydrogen-bond donors (Lipinski definition) is 1. The van der Waals surface area contributed by atoms with Crippen LogP contribution in [0, 0.1) is 0 Å². The molecule has 0 unspecified atom stereocenters. The summed E-state index contributed by atoms with van der Waals surface area (Å²) in [5.41, 5.74) is 7.82. The molecule has 2 aromatic carbocycles. The summed E-state index contributed by atoms with van der Waals surface area (Å²) < 4.78 is 10.7. The predicted molar refractivity (Wildman–Crippen MR) is 77.2 cm³/mol. The zero-order chi connectivity index (χ0) is 14.4. The fourth-order valence-electron chi connectivity index (χ4n) is 2.84. The van der Waals surface area contributed by atoms with Gasteiger partial charge in [-0.1, -0.05) is 24.3 Å². The summed E-state index contributed by atoms with van der Waals surface area (Å²) in [7, 11) is 0. The summed E-state index contributed by atoms with van der Waals surface area (Å²) in [6, 6.07) is 14.5. The number of para-hydroxylation sites is 1. The SMILES string of the molecule is N[C@H]1C(=O)N(c2ccccc2)[C@H]1c1ccc2c(c1)OCO2. The minimum absolute atomic E-state index is 0.0659. The van der Waals surface area contributed by atoms with E-state index in [1.807, 2.05) is 48.5 Å². The molecule has 5 heteroatoms. The summed E-state index contributed by atoms with van der Waals surface area (Å²) in [5.74, 6) is 1.36. The van der Waals surface area contributed by atoms with E-state index in [-0.39, 0.29) is 18.7 Å². The number of amides is 1. The Morgan fingerprint density at radius 1 is 1.05 bits per heavy atom. The summed E-state index contributed by atoms with van der Waals surface area (Å²) in [6.45, 7) is 0.233. The second-order valence-electron chi connectivity index (χ2n) is 5.13. The van der Waals surface area contributed by atoms with E-state index >= 15 is 0 Å². The second-order valence-corrected chi connectivity index (χ2v) is 5.13. The predicted octanol–water partition coefficient (Wildman–Crippen LogP) is 1.83. The molecule has 0 radical (unpaired) electrons. The molecule has 0 spiro atoms. The summed E-state index contributed by atoms with van der Waals surface area (Å²) >= 11 is 0. The summed E-state index contributed by atoms with van der Waals surface area (Å²) in [5, 5.41) is 0. The van der Waals surface area contributed by atoms with E-state index in [1.54, 1.807) is 4.90 Å². The molecule has 1 amide bonds. The van der Waals surface area contributed by atoms with Gasteiger partial charge in [-0.15, -0.1) is 0 Å². The van der Waals surface area contributed by atoms with Crippen molar-refractivity contribution in [3.8, 4) is 11.5 Å². The topological polar surface area (TPSA) is 64.8 Å². The summed E-state index contributed by atoms with van der Waals surface area (Å²) in [4.78, 5) is 13.8. The Hall–Kier alpha value is -2.53. The van der Waals surface area contributed by atoms with Gasteiger partial charge in [0, 0.05) is 5.69 Å². The maximum Gasteiger partial charge on any atom is 0.247 e. The van der Waals surface area contributed by atoms with Crippen LogP contribution in [0.1, 0.15) is 11.6 Å². The van der Waals surface area contributed by atoms with Crippen LogP contribution in [0.15, 0.2) is 48.5 Å². The lowest BCUT2D eigenvalue weighted by Gasteiger charge is -2.45. The van der Waals surface area contributed by atoms with E-state index in [1.165, 1.54) is 0 Å². The van der Waals surface area contributed by atoms with Gasteiger partial charge < -0.3 is 20.1 Å². The van der Waals surface area contributed by atoms with Gasteiger partial charge in [-0.25, -0.2) is 0 Å². The molecular formula is C16H14N2O3. The molecule has 0 aliphatic carbocycles. The minimum atomic E-state index is -0.523. The van der Waals surface area contributed by atoms with E-state index in [4.69, 9.17) is 15.2 Å². The number of nitrogens with zero attached hydrogens (tertiary/aromatic N) is 1. The lowest BCUT2D eigenvalue weighted by atomic mass is 9.88. The number of fused-ring (bicyclic) bond motifs is 1. The number of carbonyl (C=O) groups is 1. The third-order valence-corrected chi connectivity index (χ3v) is 3.91. The summed E-state index contributed by atoms with van der Waals surface area (Å²) in [6.07, 6.45) is 0. The van der Waals surface area contributed by atoms with Crippen LogP contribution in [0.5, 0.6) is 11.5 Å². The van der Waals surface area contributed by atoms with Gasteiger partial charge in [-0.3, -0.25) is 4.79 Å². The molecule has 0 saturated carbocycles. The monoisotopic (exact) mass is 282 g/mol. The Labute approximate surface area is 121 Å². The Balaban J connectivity index is 1.71. The van der Waals surface area contributed by atoms with Crippen LogP contribution in [0.25, 0.3) is 0 Å². The number of benzene rings is 2. The fourth-order valence-corrected chi connectivity index (χ4v) is 2.84. The number of carbonyl (C=O) groups excluding carboxylic acids is 1. The van der Waals surface area contributed by atoms with Crippen LogP contribution < -0.4 is 20.1 Å². The molecule has 4 rings (SSSR count). The first-order valence-corrected chi connectivity index (χ1v) is 6.79. The van der Waals surface area contributed by atoms with Crippen molar-refractivity contribution in [2.45, 2.75) is 12.1 Å². The van der Waals surface area contributed by atoms with Gasteiger partial charge >= 0.3 is 0 Å². The van der Waals surface area contributed by atoms with Crippen molar-refractivity contribution in [2.75, 3.05) is 11.7 Å². The first-order chi connectivity index (χ1) is 10.3. The Kier molecular flexibility index (Phi) is 2.62. The molecule has 2 N–H and O–H groups in total. The quantitative estimate of drug-likeness (QED) is 0.853. The number of hydrogen-bond acceptors (Lipinski definition) is 4. The molecule has 2 aliphatic heterocycles. The van der Waals surface area contributed by atoms with Gasteiger partial charge in [-0.2, -0.15) is 0 Å². The van der Waals surface area contributed by atoms with Gasteiger partial charge in [0.1, 0.15) is 6.04 Å². The average molecular weight is 282 g/mol.